The van der Waals surface area contributed by atoms with E-state index in [9.17, 15) is 0 Å². The molecule has 0 aliphatic carbocycles. The predicted octanol–water partition coefficient (Wildman–Crippen LogP) is 4.22. The Hall–Kier alpha value is -1.75. The van der Waals surface area contributed by atoms with Crippen molar-refractivity contribution < 1.29 is 0 Å². The molecular formula is C17H18Cl2N4. The van der Waals surface area contributed by atoms with Crippen LogP contribution in [0.4, 0.5) is 5.82 Å². The zero-order valence-electron chi connectivity index (χ0n) is 13.1. The highest BCUT2D eigenvalue weighted by molar-refractivity contribution is 6.36. The van der Waals surface area contributed by atoms with Crippen LogP contribution in [-0.2, 0) is 6.54 Å². The van der Waals surface area contributed by atoms with Gasteiger partial charge < -0.3 is 10.6 Å². The van der Waals surface area contributed by atoms with E-state index in [-0.39, 0.29) is 0 Å². The van der Waals surface area contributed by atoms with E-state index in [0.29, 0.717) is 16.6 Å². The SMILES string of the molecule is CCN(C)c1cnc2cc(CN)c(-c3ccc(Cl)cc3Cl)cn12. The molecule has 0 aliphatic rings. The van der Waals surface area contributed by atoms with Crippen molar-refractivity contribution >= 4 is 34.7 Å². The van der Waals surface area contributed by atoms with Gasteiger partial charge in [0.1, 0.15) is 11.5 Å². The van der Waals surface area contributed by atoms with Gasteiger partial charge in [0.15, 0.2) is 0 Å². The average molecular weight is 349 g/mol. The van der Waals surface area contributed by atoms with Crippen LogP contribution in [0.25, 0.3) is 16.8 Å². The van der Waals surface area contributed by atoms with Crippen molar-refractivity contribution in [2.45, 2.75) is 13.5 Å². The first kappa shape index (κ1) is 16.1. The Labute approximate surface area is 145 Å². The molecule has 120 valence electrons. The van der Waals surface area contributed by atoms with E-state index in [1.165, 1.54) is 0 Å². The van der Waals surface area contributed by atoms with Crippen LogP contribution < -0.4 is 10.6 Å². The number of halogens is 2. The Balaban J connectivity index is 2.26. The molecule has 6 heteroatoms. The summed E-state index contributed by atoms with van der Waals surface area (Å²) in [7, 11) is 2.04. The molecule has 0 aliphatic heterocycles. The van der Waals surface area contributed by atoms with E-state index >= 15 is 0 Å². The van der Waals surface area contributed by atoms with Gasteiger partial charge in [-0.05, 0) is 30.7 Å². The smallest absolute Gasteiger partial charge is 0.138 e. The van der Waals surface area contributed by atoms with Crippen molar-refractivity contribution in [2.24, 2.45) is 5.73 Å². The first-order valence-electron chi connectivity index (χ1n) is 7.41. The minimum atomic E-state index is 0.413. The summed E-state index contributed by atoms with van der Waals surface area (Å²) in [5.74, 6) is 1.03. The van der Waals surface area contributed by atoms with Gasteiger partial charge in [0.25, 0.3) is 0 Å². The lowest BCUT2D eigenvalue weighted by atomic mass is 10.0. The zero-order chi connectivity index (χ0) is 16.6. The first-order valence-corrected chi connectivity index (χ1v) is 8.17. The largest absolute Gasteiger partial charge is 0.360 e. The van der Waals surface area contributed by atoms with Gasteiger partial charge >= 0.3 is 0 Å². The number of benzene rings is 1. The number of hydrogen-bond donors (Lipinski definition) is 1. The van der Waals surface area contributed by atoms with Crippen LogP contribution in [0.15, 0.2) is 36.7 Å². The Morgan fingerprint density at radius 1 is 1.22 bits per heavy atom. The van der Waals surface area contributed by atoms with Gasteiger partial charge in [0, 0.05) is 47.5 Å². The summed E-state index contributed by atoms with van der Waals surface area (Å²) >= 11 is 12.4. The third kappa shape index (κ3) is 2.90. The van der Waals surface area contributed by atoms with E-state index in [0.717, 1.165) is 34.7 Å². The van der Waals surface area contributed by atoms with Crippen LogP contribution in [0.3, 0.4) is 0 Å². The topological polar surface area (TPSA) is 46.6 Å². The second-order valence-corrected chi connectivity index (χ2v) is 6.24. The molecule has 2 N–H and O–H groups in total. The summed E-state index contributed by atoms with van der Waals surface area (Å²) in [6, 6.07) is 7.51. The van der Waals surface area contributed by atoms with Crippen molar-refractivity contribution in [3.8, 4) is 11.1 Å². The van der Waals surface area contributed by atoms with Crippen molar-refractivity contribution in [1.82, 2.24) is 9.38 Å². The number of fused-ring (bicyclic) bond motifs is 1. The molecule has 2 heterocycles. The number of nitrogens with two attached hydrogens (primary N) is 1. The Morgan fingerprint density at radius 3 is 2.65 bits per heavy atom. The number of pyridine rings is 1. The van der Waals surface area contributed by atoms with E-state index < -0.39 is 0 Å². The monoisotopic (exact) mass is 348 g/mol. The molecule has 0 fully saturated rings. The molecule has 0 amide bonds. The molecule has 0 saturated heterocycles. The van der Waals surface area contributed by atoms with Crippen LogP contribution in [-0.4, -0.2) is 23.0 Å². The number of nitrogens with zero attached hydrogens (tertiary/aromatic N) is 3. The fourth-order valence-electron chi connectivity index (χ4n) is 2.61. The summed E-state index contributed by atoms with van der Waals surface area (Å²) in [4.78, 5) is 6.61. The maximum absolute atomic E-state index is 6.39. The minimum Gasteiger partial charge on any atom is -0.360 e. The Bertz CT molecular complexity index is 857. The number of anilines is 1. The summed E-state index contributed by atoms with van der Waals surface area (Å²) in [5, 5.41) is 1.22. The molecule has 0 spiro atoms. The summed E-state index contributed by atoms with van der Waals surface area (Å²) < 4.78 is 2.06. The maximum Gasteiger partial charge on any atom is 0.138 e. The molecule has 0 bridgehead atoms. The molecular weight excluding hydrogens is 331 g/mol. The van der Waals surface area contributed by atoms with Gasteiger partial charge in [-0.3, -0.25) is 4.40 Å². The van der Waals surface area contributed by atoms with Crippen molar-refractivity contribution in [2.75, 3.05) is 18.5 Å². The fourth-order valence-corrected chi connectivity index (χ4v) is 3.12. The Kier molecular flexibility index (Phi) is 4.48. The first-order chi connectivity index (χ1) is 11.0. The quantitative estimate of drug-likeness (QED) is 0.767. The van der Waals surface area contributed by atoms with E-state index in [4.69, 9.17) is 28.9 Å². The van der Waals surface area contributed by atoms with Crippen LogP contribution in [0, 0.1) is 0 Å². The summed E-state index contributed by atoms with van der Waals surface area (Å²) in [5.41, 5.74) is 9.71. The zero-order valence-corrected chi connectivity index (χ0v) is 14.6. The second-order valence-electron chi connectivity index (χ2n) is 5.40. The van der Waals surface area contributed by atoms with Crippen LogP contribution >= 0.6 is 23.2 Å². The lowest BCUT2D eigenvalue weighted by Gasteiger charge is -2.17. The molecule has 0 saturated carbocycles. The Morgan fingerprint density at radius 2 is 2.00 bits per heavy atom. The number of aromatic nitrogens is 2. The van der Waals surface area contributed by atoms with Gasteiger partial charge in [-0.15, -0.1) is 0 Å². The molecule has 4 nitrogen and oxygen atoms in total. The van der Waals surface area contributed by atoms with E-state index in [2.05, 4.69) is 21.2 Å². The molecule has 3 aromatic rings. The number of hydrogen-bond acceptors (Lipinski definition) is 3. The minimum absolute atomic E-state index is 0.413. The third-order valence-corrected chi connectivity index (χ3v) is 4.57. The highest BCUT2D eigenvalue weighted by Gasteiger charge is 2.14. The molecule has 1 aromatic carbocycles. The third-order valence-electron chi connectivity index (χ3n) is 4.02. The van der Waals surface area contributed by atoms with Crippen LogP contribution in [0.5, 0.6) is 0 Å². The number of rotatable bonds is 4. The maximum atomic E-state index is 6.39. The van der Waals surface area contributed by atoms with Crippen molar-refractivity contribution in [3.63, 3.8) is 0 Å². The molecule has 3 rings (SSSR count). The predicted molar refractivity (Wildman–Crippen MR) is 97.5 cm³/mol. The van der Waals surface area contributed by atoms with Crippen LogP contribution in [0.2, 0.25) is 10.0 Å². The fraction of sp³-hybridized carbons (Fsp3) is 0.235. The van der Waals surface area contributed by atoms with Crippen molar-refractivity contribution in [3.05, 3.63) is 52.3 Å². The molecule has 0 unspecified atom stereocenters. The lowest BCUT2D eigenvalue weighted by molar-refractivity contribution is 0.924. The highest BCUT2D eigenvalue weighted by atomic mass is 35.5. The van der Waals surface area contributed by atoms with Gasteiger partial charge in [-0.2, -0.15) is 0 Å². The molecule has 23 heavy (non-hydrogen) atoms. The van der Waals surface area contributed by atoms with E-state index in [1.54, 1.807) is 6.07 Å². The van der Waals surface area contributed by atoms with Gasteiger partial charge in [0.05, 0.1) is 6.20 Å². The molecule has 0 radical (unpaired) electrons. The van der Waals surface area contributed by atoms with Crippen molar-refractivity contribution in [1.29, 1.82) is 0 Å². The van der Waals surface area contributed by atoms with Crippen LogP contribution in [0.1, 0.15) is 12.5 Å². The normalized spacial score (nSPS) is 11.2. The summed E-state index contributed by atoms with van der Waals surface area (Å²) in [6.07, 6.45) is 3.91. The van der Waals surface area contributed by atoms with E-state index in [1.807, 2.05) is 37.6 Å². The molecule has 2 aromatic heterocycles. The average Bonchev–Trinajstić information content (AvgIpc) is 2.95. The highest BCUT2D eigenvalue weighted by Crippen LogP contribution is 2.33. The molecule has 0 atom stereocenters. The van der Waals surface area contributed by atoms with Gasteiger partial charge in [-0.1, -0.05) is 29.3 Å². The number of imidazole rings is 1. The standard InChI is InChI=1S/C17H18Cl2N4/c1-3-22(2)17-9-21-16-6-11(8-20)14(10-23(16)17)13-5-4-12(18)7-15(13)19/h4-7,9-10H,3,8,20H2,1-2H3. The lowest BCUT2D eigenvalue weighted by Crippen LogP contribution is -2.17. The second kappa shape index (κ2) is 6.40. The summed E-state index contributed by atoms with van der Waals surface area (Å²) in [6.45, 7) is 3.41. The van der Waals surface area contributed by atoms with Gasteiger partial charge in [0.2, 0.25) is 0 Å². The van der Waals surface area contributed by atoms with Gasteiger partial charge in [-0.25, -0.2) is 4.98 Å².